The van der Waals surface area contributed by atoms with Crippen LogP contribution in [0.15, 0.2) is 0 Å². The number of aliphatic hydroxyl groups is 1. The molecule has 104 valence electrons. The molecule has 0 aliphatic carbocycles. The number of hydrogen-bond acceptors (Lipinski definition) is 4. The maximum absolute atomic E-state index is 12.1. The van der Waals surface area contributed by atoms with Crippen molar-refractivity contribution in [2.75, 3.05) is 26.3 Å². The average Bonchev–Trinajstić information content (AvgIpc) is 2.86. The Bertz CT molecular complexity index is 288. The molecule has 6 heteroatoms. The van der Waals surface area contributed by atoms with Crippen molar-refractivity contribution in [3.05, 3.63) is 0 Å². The predicted octanol–water partition coefficient (Wildman–Crippen LogP) is 0.0971. The van der Waals surface area contributed by atoms with Gasteiger partial charge < -0.3 is 19.8 Å². The lowest BCUT2D eigenvalue weighted by Gasteiger charge is -2.26. The summed E-state index contributed by atoms with van der Waals surface area (Å²) in [7, 11) is 0. The van der Waals surface area contributed by atoms with Crippen molar-refractivity contribution in [3.8, 4) is 0 Å². The van der Waals surface area contributed by atoms with Gasteiger partial charge in [-0.2, -0.15) is 0 Å². The fraction of sp³-hybridized carbons (Fsp3) is 0.833. The zero-order valence-electron chi connectivity index (χ0n) is 10.7. The van der Waals surface area contributed by atoms with Gasteiger partial charge in [-0.15, -0.1) is 0 Å². The third-order valence-corrected chi connectivity index (χ3v) is 3.02. The molecule has 0 aromatic carbocycles. The molecule has 0 radical (unpaired) electrons. The Morgan fingerprint density at radius 3 is 2.72 bits per heavy atom. The number of aliphatic carboxylic acids is 1. The lowest BCUT2D eigenvalue weighted by Crippen LogP contribution is -2.43. The van der Waals surface area contributed by atoms with Crippen LogP contribution in [0.3, 0.4) is 0 Å². The maximum Gasteiger partial charge on any atom is 0.308 e. The van der Waals surface area contributed by atoms with E-state index in [0.29, 0.717) is 26.0 Å². The van der Waals surface area contributed by atoms with E-state index >= 15 is 0 Å². The molecule has 1 fully saturated rings. The largest absolute Gasteiger partial charge is 0.481 e. The topological polar surface area (TPSA) is 87.1 Å². The zero-order chi connectivity index (χ0) is 13.5. The van der Waals surface area contributed by atoms with E-state index in [1.54, 1.807) is 6.92 Å². The smallest absolute Gasteiger partial charge is 0.308 e. The first kappa shape index (κ1) is 14.9. The molecule has 0 aromatic heterocycles. The van der Waals surface area contributed by atoms with Crippen molar-refractivity contribution in [2.24, 2.45) is 5.92 Å². The summed E-state index contributed by atoms with van der Waals surface area (Å²) in [6.45, 7) is 2.66. The Kier molecular flexibility index (Phi) is 6.07. The van der Waals surface area contributed by atoms with Crippen molar-refractivity contribution < 1.29 is 24.5 Å². The van der Waals surface area contributed by atoms with Crippen molar-refractivity contribution in [1.29, 1.82) is 0 Å². The first-order valence-corrected chi connectivity index (χ1v) is 6.30. The molecule has 1 amide bonds. The van der Waals surface area contributed by atoms with Gasteiger partial charge in [-0.25, -0.2) is 0 Å². The summed E-state index contributed by atoms with van der Waals surface area (Å²) in [6.07, 6.45) is 1.56. The van der Waals surface area contributed by atoms with Crippen LogP contribution in [0.25, 0.3) is 0 Å². The maximum atomic E-state index is 12.1. The highest BCUT2D eigenvalue weighted by Gasteiger charge is 2.29. The summed E-state index contributed by atoms with van der Waals surface area (Å²) in [5, 5.41) is 17.7. The molecule has 1 aliphatic rings. The molecule has 18 heavy (non-hydrogen) atoms. The normalized spacial score (nSPS) is 20.7. The molecule has 2 N–H and O–H groups in total. The highest BCUT2D eigenvalue weighted by atomic mass is 16.5. The number of hydrogen-bond donors (Lipinski definition) is 2. The van der Waals surface area contributed by atoms with Gasteiger partial charge in [0.1, 0.15) is 6.10 Å². The zero-order valence-corrected chi connectivity index (χ0v) is 10.7. The molecule has 0 spiro atoms. The second-order valence-electron chi connectivity index (χ2n) is 4.60. The molecular formula is C12H21NO5. The van der Waals surface area contributed by atoms with Crippen LogP contribution in [0.4, 0.5) is 0 Å². The summed E-state index contributed by atoms with van der Waals surface area (Å²) >= 11 is 0. The molecule has 0 saturated carbocycles. The highest BCUT2D eigenvalue weighted by Crippen LogP contribution is 2.16. The third kappa shape index (κ3) is 4.27. The van der Waals surface area contributed by atoms with E-state index in [-0.39, 0.29) is 19.1 Å². The Balaban J connectivity index is 2.58. The number of carboxylic acid groups (broad SMARTS) is 1. The van der Waals surface area contributed by atoms with Crippen LogP contribution < -0.4 is 0 Å². The third-order valence-electron chi connectivity index (χ3n) is 3.02. The fourth-order valence-electron chi connectivity index (χ4n) is 1.94. The SMILES string of the molecule is CC(CN(CCCO)C(=O)C1CCCO1)C(=O)O. The molecule has 0 aromatic rings. The van der Waals surface area contributed by atoms with Gasteiger partial charge in [0.2, 0.25) is 0 Å². The number of carbonyl (C=O) groups is 2. The number of amides is 1. The molecule has 0 bridgehead atoms. The number of carbonyl (C=O) groups excluding carboxylic acids is 1. The standard InChI is InChI=1S/C12H21NO5/c1-9(12(16)17)8-13(5-3-6-14)11(15)10-4-2-7-18-10/h9-10,14H,2-8H2,1H3,(H,16,17). The van der Waals surface area contributed by atoms with Crippen molar-refractivity contribution in [2.45, 2.75) is 32.3 Å². The number of nitrogens with zero attached hydrogens (tertiary/aromatic N) is 1. The number of aliphatic hydroxyl groups excluding tert-OH is 1. The van der Waals surface area contributed by atoms with E-state index in [9.17, 15) is 9.59 Å². The first-order chi connectivity index (χ1) is 8.56. The van der Waals surface area contributed by atoms with E-state index in [4.69, 9.17) is 14.9 Å². The van der Waals surface area contributed by atoms with E-state index in [1.807, 2.05) is 0 Å². The van der Waals surface area contributed by atoms with Crippen molar-refractivity contribution >= 4 is 11.9 Å². The first-order valence-electron chi connectivity index (χ1n) is 6.30. The average molecular weight is 259 g/mol. The second kappa shape index (κ2) is 7.33. The Morgan fingerprint density at radius 2 is 2.22 bits per heavy atom. The van der Waals surface area contributed by atoms with E-state index in [1.165, 1.54) is 4.90 Å². The molecule has 2 atom stereocenters. The summed E-state index contributed by atoms with van der Waals surface area (Å²) in [6, 6.07) is 0. The molecule has 2 unspecified atom stereocenters. The van der Waals surface area contributed by atoms with Gasteiger partial charge >= 0.3 is 5.97 Å². The quantitative estimate of drug-likeness (QED) is 0.677. The lowest BCUT2D eigenvalue weighted by molar-refractivity contribution is -0.146. The summed E-state index contributed by atoms with van der Waals surface area (Å²) in [5.41, 5.74) is 0. The molecule has 6 nitrogen and oxygen atoms in total. The summed E-state index contributed by atoms with van der Waals surface area (Å²) in [4.78, 5) is 24.5. The van der Waals surface area contributed by atoms with Gasteiger partial charge in [0, 0.05) is 26.3 Å². The van der Waals surface area contributed by atoms with Gasteiger partial charge in [-0.3, -0.25) is 9.59 Å². The van der Waals surface area contributed by atoms with Crippen LogP contribution in [0.2, 0.25) is 0 Å². The van der Waals surface area contributed by atoms with Gasteiger partial charge in [0.05, 0.1) is 5.92 Å². The Labute approximate surface area is 107 Å². The van der Waals surface area contributed by atoms with Gasteiger partial charge in [0.15, 0.2) is 0 Å². The van der Waals surface area contributed by atoms with Crippen LogP contribution in [-0.4, -0.2) is 59.4 Å². The van der Waals surface area contributed by atoms with Crippen LogP contribution in [-0.2, 0) is 14.3 Å². The fourth-order valence-corrected chi connectivity index (χ4v) is 1.94. The van der Waals surface area contributed by atoms with Crippen LogP contribution in [0.1, 0.15) is 26.2 Å². The minimum Gasteiger partial charge on any atom is -0.481 e. The van der Waals surface area contributed by atoms with Crippen molar-refractivity contribution in [1.82, 2.24) is 4.90 Å². The Hall–Kier alpha value is -1.14. The van der Waals surface area contributed by atoms with E-state index in [2.05, 4.69) is 0 Å². The van der Waals surface area contributed by atoms with Gasteiger partial charge in [-0.05, 0) is 19.3 Å². The number of ether oxygens (including phenoxy) is 1. The minimum atomic E-state index is -0.927. The van der Waals surface area contributed by atoms with E-state index < -0.39 is 18.0 Å². The summed E-state index contributed by atoms with van der Waals surface area (Å²) in [5.74, 6) is -1.70. The molecule has 1 aliphatic heterocycles. The second-order valence-corrected chi connectivity index (χ2v) is 4.60. The predicted molar refractivity (Wildman–Crippen MR) is 64.1 cm³/mol. The molecule has 1 saturated heterocycles. The molecule has 1 rings (SSSR count). The molecule has 1 heterocycles. The van der Waals surface area contributed by atoms with Crippen molar-refractivity contribution in [3.63, 3.8) is 0 Å². The number of carboxylic acids is 1. The van der Waals surface area contributed by atoms with Crippen LogP contribution in [0, 0.1) is 5.92 Å². The van der Waals surface area contributed by atoms with E-state index in [0.717, 1.165) is 6.42 Å². The highest BCUT2D eigenvalue weighted by molar-refractivity contribution is 5.82. The van der Waals surface area contributed by atoms with Gasteiger partial charge in [-0.1, -0.05) is 6.92 Å². The van der Waals surface area contributed by atoms with Crippen LogP contribution in [0.5, 0.6) is 0 Å². The van der Waals surface area contributed by atoms with Gasteiger partial charge in [0.25, 0.3) is 5.91 Å². The Morgan fingerprint density at radius 1 is 1.50 bits per heavy atom. The minimum absolute atomic E-state index is 0.0171. The monoisotopic (exact) mass is 259 g/mol. The number of rotatable bonds is 7. The molecular weight excluding hydrogens is 238 g/mol. The van der Waals surface area contributed by atoms with Crippen LogP contribution >= 0.6 is 0 Å². The lowest BCUT2D eigenvalue weighted by atomic mass is 10.1. The summed E-state index contributed by atoms with van der Waals surface area (Å²) < 4.78 is 5.32.